The van der Waals surface area contributed by atoms with Gasteiger partial charge in [0.1, 0.15) is 6.10 Å². The van der Waals surface area contributed by atoms with E-state index in [0.717, 1.165) is 11.3 Å². The normalized spacial score (nSPS) is 12.0. The predicted octanol–water partition coefficient (Wildman–Crippen LogP) is 3.60. The number of aliphatic hydroxyl groups is 1. The molecule has 0 spiro atoms. The first-order valence-corrected chi connectivity index (χ1v) is 6.77. The Morgan fingerprint density at radius 3 is 2.33 bits per heavy atom. The van der Waals surface area contributed by atoms with Gasteiger partial charge in [-0.05, 0) is 17.7 Å². The van der Waals surface area contributed by atoms with Crippen LogP contribution in [-0.4, -0.2) is 15.9 Å². The largest absolute Gasteiger partial charge is 0.380 e. The fraction of sp³-hybridized carbons (Fsp3) is 0.0556. The summed E-state index contributed by atoms with van der Waals surface area (Å²) in [4.78, 5) is 15.7. The van der Waals surface area contributed by atoms with E-state index in [0.29, 0.717) is 11.1 Å². The molecule has 1 unspecified atom stereocenters. The number of H-pyrrole nitrogens is 1. The first-order valence-electron chi connectivity index (χ1n) is 6.77. The lowest BCUT2D eigenvalue weighted by atomic mass is 9.95. The van der Waals surface area contributed by atoms with Crippen LogP contribution in [-0.2, 0) is 0 Å². The molecule has 3 aromatic rings. The van der Waals surface area contributed by atoms with Gasteiger partial charge in [-0.15, -0.1) is 0 Å². The molecule has 2 aromatic carbocycles. The molecule has 0 bridgehead atoms. The standard InChI is InChI=1S/C18H15NO2/c20-17(13-7-2-1-3-8-13)18(21)15-10-5-4-9-14(15)16-11-6-12-19-16/h1-12,17,19-20H. The second-order valence-electron chi connectivity index (χ2n) is 4.81. The molecule has 1 atom stereocenters. The summed E-state index contributed by atoms with van der Waals surface area (Å²) in [7, 11) is 0. The number of hydrogen-bond acceptors (Lipinski definition) is 2. The van der Waals surface area contributed by atoms with Gasteiger partial charge >= 0.3 is 0 Å². The molecule has 0 aliphatic heterocycles. The molecule has 3 rings (SSSR count). The molecule has 0 saturated heterocycles. The van der Waals surface area contributed by atoms with E-state index in [1.165, 1.54) is 0 Å². The van der Waals surface area contributed by atoms with Crippen molar-refractivity contribution in [2.75, 3.05) is 0 Å². The Labute approximate surface area is 122 Å². The van der Waals surface area contributed by atoms with Crippen LogP contribution < -0.4 is 0 Å². The van der Waals surface area contributed by atoms with Crippen molar-refractivity contribution in [2.45, 2.75) is 6.10 Å². The number of aromatic nitrogens is 1. The number of aromatic amines is 1. The Balaban J connectivity index is 1.99. The second-order valence-corrected chi connectivity index (χ2v) is 4.81. The summed E-state index contributed by atoms with van der Waals surface area (Å²) in [5, 5.41) is 10.3. The van der Waals surface area contributed by atoms with E-state index in [2.05, 4.69) is 4.98 Å². The lowest BCUT2D eigenvalue weighted by Crippen LogP contribution is -2.13. The van der Waals surface area contributed by atoms with Gasteiger partial charge in [-0.3, -0.25) is 4.79 Å². The van der Waals surface area contributed by atoms with Crippen LogP contribution in [0.3, 0.4) is 0 Å². The van der Waals surface area contributed by atoms with Crippen molar-refractivity contribution in [3.63, 3.8) is 0 Å². The van der Waals surface area contributed by atoms with Crippen molar-refractivity contribution in [1.29, 1.82) is 0 Å². The van der Waals surface area contributed by atoms with Gasteiger partial charge in [0.2, 0.25) is 0 Å². The van der Waals surface area contributed by atoms with E-state index in [1.807, 2.05) is 48.7 Å². The number of aliphatic hydroxyl groups excluding tert-OH is 1. The summed E-state index contributed by atoms with van der Waals surface area (Å²) in [6.45, 7) is 0. The Morgan fingerprint density at radius 1 is 0.905 bits per heavy atom. The van der Waals surface area contributed by atoms with Crippen LogP contribution in [0.4, 0.5) is 0 Å². The fourth-order valence-corrected chi connectivity index (χ4v) is 2.36. The summed E-state index contributed by atoms with van der Waals surface area (Å²) in [5.41, 5.74) is 2.77. The van der Waals surface area contributed by atoms with Crippen LogP contribution in [0.1, 0.15) is 22.0 Å². The third-order valence-electron chi connectivity index (χ3n) is 3.44. The molecular weight excluding hydrogens is 262 g/mol. The fourth-order valence-electron chi connectivity index (χ4n) is 2.36. The van der Waals surface area contributed by atoms with Gasteiger partial charge in [0.25, 0.3) is 0 Å². The van der Waals surface area contributed by atoms with Crippen LogP contribution in [0, 0.1) is 0 Å². The molecule has 0 aliphatic carbocycles. The SMILES string of the molecule is O=C(c1ccccc1-c1ccc[nH]1)C(O)c1ccccc1. The molecule has 0 saturated carbocycles. The zero-order valence-corrected chi connectivity index (χ0v) is 11.4. The molecular formula is C18H15NO2. The van der Waals surface area contributed by atoms with E-state index in [-0.39, 0.29) is 5.78 Å². The van der Waals surface area contributed by atoms with Crippen LogP contribution >= 0.6 is 0 Å². The van der Waals surface area contributed by atoms with Gasteiger partial charge in [-0.1, -0.05) is 54.6 Å². The number of Topliss-reactive ketones (excluding diaryl/α,β-unsaturated/α-hetero) is 1. The van der Waals surface area contributed by atoms with Crippen molar-refractivity contribution >= 4 is 5.78 Å². The topological polar surface area (TPSA) is 53.1 Å². The third-order valence-corrected chi connectivity index (χ3v) is 3.44. The van der Waals surface area contributed by atoms with Gasteiger partial charge in [-0.25, -0.2) is 0 Å². The Morgan fingerprint density at radius 2 is 1.62 bits per heavy atom. The van der Waals surface area contributed by atoms with E-state index >= 15 is 0 Å². The van der Waals surface area contributed by atoms with E-state index in [1.54, 1.807) is 24.3 Å². The highest BCUT2D eigenvalue weighted by Crippen LogP contribution is 2.26. The molecule has 0 radical (unpaired) electrons. The lowest BCUT2D eigenvalue weighted by Gasteiger charge is -2.13. The molecule has 0 fully saturated rings. The summed E-state index contributed by atoms with van der Waals surface area (Å²) < 4.78 is 0. The molecule has 3 nitrogen and oxygen atoms in total. The monoisotopic (exact) mass is 277 g/mol. The molecule has 104 valence electrons. The first kappa shape index (κ1) is 13.3. The highest BCUT2D eigenvalue weighted by atomic mass is 16.3. The Kier molecular flexibility index (Phi) is 3.67. The van der Waals surface area contributed by atoms with E-state index < -0.39 is 6.10 Å². The number of rotatable bonds is 4. The summed E-state index contributed by atoms with van der Waals surface area (Å²) in [5.74, 6) is -0.300. The maximum absolute atomic E-state index is 12.6. The average Bonchev–Trinajstić information content (AvgIpc) is 3.08. The first-order chi connectivity index (χ1) is 10.3. The molecule has 1 aromatic heterocycles. The maximum atomic E-state index is 12.6. The predicted molar refractivity (Wildman–Crippen MR) is 82.0 cm³/mol. The average molecular weight is 277 g/mol. The second kappa shape index (κ2) is 5.77. The zero-order chi connectivity index (χ0) is 14.7. The summed E-state index contributed by atoms with van der Waals surface area (Å²) >= 11 is 0. The highest BCUT2D eigenvalue weighted by Gasteiger charge is 2.21. The molecule has 2 N–H and O–H groups in total. The number of carbonyl (C=O) groups excluding carboxylic acids is 1. The summed E-state index contributed by atoms with van der Waals surface area (Å²) in [6.07, 6.45) is 0.659. The van der Waals surface area contributed by atoms with Crippen molar-refractivity contribution in [3.05, 3.63) is 84.1 Å². The number of ketones is 1. The Bertz CT molecular complexity index is 733. The van der Waals surface area contributed by atoms with Gasteiger partial charge < -0.3 is 10.1 Å². The quantitative estimate of drug-likeness (QED) is 0.716. The van der Waals surface area contributed by atoms with Crippen molar-refractivity contribution < 1.29 is 9.90 Å². The minimum atomic E-state index is -1.15. The zero-order valence-electron chi connectivity index (χ0n) is 11.4. The number of hydrogen-bond donors (Lipinski definition) is 2. The number of benzene rings is 2. The van der Waals surface area contributed by atoms with E-state index in [4.69, 9.17) is 0 Å². The minimum absolute atomic E-state index is 0.300. The van der Waals surface area contributed by atoms with Crippen LogP contribution in [0.15, 0.2) is 72.9 Å². The van der Waals surface area contributed by atoms with Crippen molar-refractivity contribution in [1.82, 2.24) is 4.98 Å². The van der Waals surface area contributed by atoms with Gasteiger partial charge in [0.15, 0.2) is 5.78 Å². The van der Waals surface area contributed by atoms with Crippen molar-refractivity contribution in [3.8, 4) is 11.3 Å². The minimum Gasteiger partial charge on any atom is -0.380 e. The smallest absolute Gasteiger partial charge is 0.196 e. The van der Waals surface area contributed by atoms with Crippen LogP contribution in [0.5, 0.6) is 0 Å². The Hall–Kier alpha value is -2.65. The van der Waals surface area contributed by atoms with E-state index in [9.17, 15) is 9.90 Å². The molecule has 3 heteroatoms. The van der Waals surface area contributed by atoms with Crippen LogP contribution in [0.2, 0.25) is 0 Å². The molecule has 1 heterocycles. The van der Waals surface area contributed by atoms with Gasteiger partial charge in [-0.2, -0.15) is 0 Å². The number of nitrogens with one attached hydrogen (secondary N) is 1. The molecule has 0 amide bonds. The highest BCUT2D eigenvalue weighted by molar-refractivity contribution is 6.04. The summed E-state index contributed by atoms with van der Waals surface area (Å²) in [6, 6.07) is 20.0. The molecule has 0 aliphatic rings. The van der Waals surface area contributed by atoms with Crippen molar-refractivity contribution in [2.24, 2.45) is 0 Å². The number of carbonyl (C=O) groups is 1. The third kappa shape index (κ3) is 2.64. The van der Waals surface area contributed by atoms with Crippen LogP contribution in [0.25, 0.3) is 11.3 Å². The maximum Gasteiger partial charge on any atom is 0.196 e. The molecule has 21 heavy (non-hydrogen) atoms. The lowest BCUT2D eigenvalue weighted by molar-refractivity contribution is 0.0748. The van der Waals surface area contributed by atoms with Gasteiger partial charge in [0, 0.05) is 23.0 Å². The van der Waals surface area contributed by atoms with Gasteiger partial charge in [0.05, 0.1) is 0 Å².